The minimum Gasteiger partial charge on any atom is -0.387 e. The molecule has 1 saturated heterocycles. The molecule has 9 heteroatoms. The standard InChI is InChI=1S/C24H28F4N2O3/c1-16(13-24(26,27)28)20(31)30-11-9-23(33,22(14-30)7-2-3-8-22)15-29-10-6-17-4-5-18(25)12-19(17)21(29)32/h4-6,10,12,16,33H,2-3,7-9,11,13-15H2,1H3/t16-,23?/m1/s1. The summed E-state index contributed by atoms with van der Waals surface area (Å²) in [6, 6.07) is 5.67. The quantitative estimate of drug-likeness (QED) is 0.683. The molecule has 1 N–H and O–H groups in total. The summed E-state index contributed by atoms with van der Waals surface area (Å²) >= 11 is 0. The van der Waals surface area contributed by atoms with Gasteiger partial charge < -0.3 is 14.6 Å². The number of halogens is 4. The van der Waals surface area contributed by atoms with E-state index in [1.807, 2.05) is 0 Å². The number of likely N-dealkylation sites (tertiary alicyclic amines) is 1. The summed E-state index contributed by atoms with van der Waals surface area (Å²) in [7, 11) is 0. The van der Waals surface area contributed by atoms with Crippen molar-refractivity contribution in [2.45, 2.75) is 63.8 Å². The minimum atomic E-state index is -4.42. The van der Waals surface area contributed by atoms with Gasteiger partial charge in [-0.2, -0.15) is 13.2 Å². The van der Waals surface area contributed by atoms with Crippen LogP contribution in [0.25, 0.3) is 10.8 Å². The molecule has 2 heterocycles. The van der Waals surface area contributed by atoms with Crippen molar-refractivity contribution in [2.75, 3.05) is 13.1 Å². The molecule has 2 atom stereocenters. The van der Waals surface area contributed by atoms with Crippen LogP contribution in [0.2, 0.25) is 0 Å². The van der Waals surface area contributed by atoms with Crippen LogP contribution in [0.3, 0.4) is 0 Å². The van der Waals surface area contributed by atoms with Crippen LogP contribution in [0.4, 0.5) is 17.6 Å². The van der Waals surface area contributed by atoms with Crippen LogP contribution in [0.5, 0.6) is 0 Å². The largest absolute Gasteiger partial charge is 0.389 e. The van der Waals surface area contributed by atoms with Crippen LogP contribution >= 0.6 is 0 Å². The van der Waals surface area contributed by atoms with Gasteiger partial charge in [0.15, 0.2) is 0 Å². The van der Waals surface area contributed by atoms with E-state index in [1.165, 1.54) is 34.6 Å². The molecule has 1 spiro atoms. The van der Waals surface area contributed by atoms with E-state index in [0.717, 1.165) is 12.8 Å². The molecule has 2 fully saturated rings. The van der Waals surface area contributed by atoms with Crippen LogP contribution in [-0.2, 0) is 11.3 Å². The molecule has 1 aromatic carbocycles. The Morgan fingerprint density at radius 1 is 1.18 bits per heavy atom. The average molecular weight is 468 g/mol. The number of pyridine rings is 1. The maximum atomic E-state index is 13.7. The number of carbonyl (C=O) groups is 1. The first-order chi connectivity index (χ1) is 15.4. The van der Waals surface area contributed by atoms with Crippen LogP contribution < -0.4 is 5.56 Å². The normalized spacial score (nSPS) is 23.9. The summed E-state index contributed by atoms with van der Waals surface area (Å²) in [5, 5.41) is 12.6. The minimum absolute atomic E-state index is 0.0155. The zero-order chi connectivity index (χ0) is 24.0. The molecule has 1 amide bonds. The Morgan fingerprint density at radius 2 is 1.88 bits per heavy atom. The number of aromatic nitrogens is 1. The number of carbonyl (C=O) groups excluding carboxylic acids is 1. The molecule has 1 aliphatic carbocycles. The molecule has 180 valence electrons. The van der Waals surface area contributed by atoms with Gasteiger partial charge in [0.25, 0.3) is 5.56 Å². The van der Waals surface area contributed by atoms with Crippen molar-refractivity contribution < 1.29 is 27.5 Å². The van der Waals surface area contributed by atoms with Crippen molar-refractivity contribution in [3.05, 3.63) is 46.6 Å². The number of hydrogen-bond donors (Lipinski definition) is 1. The summed E-state index contributed by atoms with van der Waals surface area (Å²) in [5.74, 6) is -2.27. The Balaban J connectivity index is 1.61. The first-order valence-electron chi connectivity index (χ1n) is 11.3. The van der Waals surface area contributed by atoms with E-state index in [2.05, 4.69) is 0 Å². The molecule has 1 saturated carbocycles. The van der Waals surface area contributed by atoms with Gasteiger partial charge in [-0.1, -0.05) is 25.8 Å². The number of alkyl halides is 3. The van der Waals surface area contributed by atoms with Crippen LogP contribution in [0, 0.1) is 17.2 Å². The molecule has 33 heavy (non-hydrogen) atoms. The third kappa shape index (κ3) is 4.52. The molecule has 2 aliphatic rings. The highest BCUT2D eigenvalue weighted by Gasteiger charge is 2.56. The third-order valence-corrected chi connectivity index (χ3v) is 7.48. The second-order valence-corrected chi connectivity index (χ2v) is 9.73. The maximum absolute atomic E-state index is 13.7. The zero-order valence-electron chi connectivity index (χ0n) is 18.5. The van der Waals surface area contributed by atoms with Crippen molar-refractivity contribution in [1.82, 2.24) is 9.47 Å². The van der Waals surface area contributed by atoms with Crippen LogP contribution in [0.1, 0.15) is 45.4 Å². The number of amides is 1. The Morgan fingerprint density at radius 3 is 2.55 bits per heavy atom. The lowest BCUT2D eigenvalue weighted by Crippen LogP contribution is -2.62. The highest BCUT2D eigenvalue weighted by molar-refractivity contribution is 5.81. The van der Waals surface area contributed by atoms with Crippen LogP contribution in [-0.4, -0.2) is 45.3 Å². The van der Waals surface area contributed by atoms with Gasteiger partial charge in [-0.3, -0.25) is 9.59 Å². The Labute approximate surface area is 189 Å². The van der Waals surface area contributed by atoms with Crippen molar-refractivity contribution in [3.63, 3.8) is 0 Å². The fraction of sp³-hybridized carbons (Fsp3) is 0.583. The Hall–Kier alpha value is -2.42. The monoisotopic (exact) mass is 468 g/mol. The molecule has 1 aromatic heterocycles. The van der Waals surface area contributed by atoms with Gasteiger partial charge in [-0.05, 0) is 42.8 Å². The second kappa shape index (κ2) is 8.42. The number of benzene rings is 1. The Kier molecular flexibility index (Phi) is 6.05. The fourth-order valence-corrected chi connectivity index (χ4v) is 5.69. The lowest BCUT2D eigenvalue weighted by atomic mass is 9.65. The first kappa shape index (κ1) is 23.7. The van der Waals surface area contributed by atoms with Crippen molar-refractivity contribution in [1.29, 1.82) is 0 Å². The van der Waals surface area contributed by atoms with Gasteiger partial charge in [-0.15, -0.1) is 0 Å². The Bertz CT molecular complexity index is 1110. The van der Waals surface area contributed by atoms with Gasteiger partial charge in [0.1, 0.15) is 5.82 Å². The van der Waals surface area contributed by atoms with Gasteiger partial charge >= 0.3 is 6.18 Å². The SMILES string of the molecule is C[C@H](CC(F)(F)F)C(=O)N1CCC(O)(Cn2ccc3ccc(F)cc3c2=O)C2(CCCC2)C1. The van der Waals surface area contributed by atoms with E-state index < -0.39 is 46.8 Å². The number of rotatable bonds is 4. The summed E-state index contributed by atoms with van der Waals surface area (Å²) in [5.41, 5.74) is -2.42. The van der Waals surface area contributed by atoms with Crippen LogP contribution in [0.15, 0.2) is 35.3 Å². The molecule has 4 rings (SSSR count). The predicted molar refractivity (Wildman–Crippen MR) is 115 cm³/mol. The average Bonchev–Trinajstić information content (AvgIpc) is 3.21. The molecule has 1 aliphatic heterocycles. The number of aliphatic hydroxyl groups is 1. The predicted octanol–water partition coefficient (Wildman–Crippen LogP) is 4.25. The van der Waals surface area contributed by atoms with Gasteiger partial charge in [0.05, 0.1) is 24.0 Å². The van der Waals surface area contributed by atoms with Gasteiger partial charge in [0.2, 0.25) is 5.91 Å². The van der Waals surface area contributed by atoms with Gasteiger partial charge in [0, 0.05) is 30.6 Å². The summed E-state index contributed by atoms with van der Waals surface area (Å²) < 4.78 is 53.5. The number of piperidine rings is 1. The summed E-state index contributed by atoms with van der Waals surface area (Å²) in [6.45, 7) is 1.56. The fourth-order valence-electron chi connectivity index (χ4n) is 5.69. The van der Waals surface area contributed by atoms with Crippen molar-refractivity contribution in [2.24, 2.45) is 11.3 Å². The molecule has 1 unspecified atom stereocenters. The van der Waals surface area contributed by atoms with E-state index in [9.17, 15) is 32.3 Å². The van der Waals surface area contributed by atoms with E-state index >= 15 is 0 Å². The van der Waals surface area contributed by atoms with Gasteiger partial charge in [-0.25, -0.2) is 4.39 Å². The first-order valence-corrected chi connectivity index (χ1v) is 11.3. The van der Waals surface area contributed by atoms with E-state index in [0.29, 0.717) is 18.2 Å². The number of hydrogen-bond acceptors (Lipinski definition) is 3. The highest BCUT2D eigenvalue weighted by atomic mass is 19.4. The molecule has 0 bridgehead atoms. The van der Waals surface area contributed by atoms with E-state index in [4.69, 9.17) is 0 Å². The number of nitrogens with zero attached hydrogens (tertiary/aromatic N) is 2. The second-order valence-electron chi connectivity index (χ2n) is 9.73. The topological polar surface area (TPSA) is 62.5 Å². The molecule has 0 radical (unpaired) electrons. The van der Waals surface area contributed by atoms with Crippen molar-refractivity contribution in [3.8, 4) is 0 Å². The number of fused-ring (bicyclic) bond motifs is 1. The summed E-state index contributed by atoms with van der Waals surface area (Å²) in [4.78, 5) is 27.2. The smallest absolute Gasteiger partial charge is 0.387 e. The molecule has 5 nitrogen and oxygen atoms in total. The molecular formula is C24H28F4N2O3. The van der Waals surface area contributed by atoms with E-state index in [-0.39, 0.29) is 31.4 Å². The lowest BCUT2D eigenvalue weighted by Gasteiger charge is -2.52. The summed E-state index contributed by atoms with van der Waals surface area (Å²) in [6.07, 6.45) is -0.955. The highest BCUT2D eigenvalue weighted by Crippen LogP contribution is 2.51. The third-order valence-electron chi connectivity index (χ3n) is 7.48. The zero-order valence-corrected chi connectivity index (χ0v) is 18.5. The lowest BCUT2D eigenvalue weighted by molar-refractivity contribution is -0.172. The molecular weight excluding hydrogens is 440 g/mol. The van der Waals surface area contributed by atoms with Crippen molar-refractivity contribution >= 4 is 16.7 Å². The molecule has 2 aromatic rings. The maximum Gasteiger partial charge on any atom is 0.389 e. The van der Waals surface area contributed by atoms with E-state index in [1.54, 1.807) is 12.3 Å².